The van der Waals surface area contributed by atoms with Crippen LogP contribution in [0.25, 0.3) is 5.76 Å². The molecule has 1 N–H and O–H groups in total. The fourth-order valence-electron chi connectivity index (χ4n) is 4.29. The lowest BCUT2D eigenvalue weighted by Gasteiger charge is -2.27. The maximum Gasteiger partial charge on any atom is 0.295 e. The van der Waals surface area contributed by atoms with Gasteiger partial charge in [0.2, 0.25) is 0 Å². The Morgan fingerprint density at radius 1 is 1.09 bits per heavy atom. The summed E-state index contributed by atoms with van der Waals surface area (Å²) >= 11 is 0. The number of nitrogens with zero attached hydrogens (tertiary/aromatic N) is 1. The van der Waals surface area contributed by atoms with Crippen LogP contribution in [0.5, 0.6) is 11.5 Å². The van der Waals surface area contributed by atoms with E-state index in [2.05, 4.69) is 0 Å². The Bertz CT molecular complexity index is 1020. The van der Waals surface area contributed by atoms with Crippen LogP contribution in [0.1, 0.15) is 43.4 Å². The van der Waals surface area contributed by atoms with Crippen LogP contribution in [0.4, 0.5) is 0 Å². The number of ketones is 1. The molecule has 2 heterocycles. The standard InChI is InChI=1S/C26H29NO6/c1-3-14-32-20-12-6-17(7-13-20)23-22(24(28)18-8-10-19(31-2)11-9-18)25(29)26(30)27(23)16-21-5-4-15-33-21/h6-13,21,23,28H,3-5,14-16H2,1-2H3. The maximum atomic E-state index is 13.1. The molecule has 2 aromatic carbocycles. The zero-order chi connectivity index (χ0) is 23.4. The van der Waals surface area contributed by atoms with Crippen LogP contribution in [0, 0.1) is 0 Å². The van der Waals surface area contributed by atoms with Gasteiger partial charge in [-0.15, -0.1) is 0 Å². The molecule has 33 heavy (non-hydrogen) atoms. The topological polar surface area (TPSA) is 85.3 Å². The number of carbonyl (C=O) groups is 2. The van der Waals surface area contributed by atoms with E-state index in [-0.39, 0.29) is 17.4 Å². The Balaban J connectivity index is 1.75. The van der Waals surface area contributed by atoms with Gasteiger partial charge < -0.3 is 24.2 Å². The average molecular weight is 452 g/mol. The number of methoxy groups -OCH3 is 1. The molecule has 0 radical (unpaired) electrons. The monoisotopic (exact) mass is 451 g/mol. The molecule has 0 aromatic heterocycles. The van der Waals surface area contributed by atoms with Crippen molar-refractivity contribution in [3.05, 3.63) is 65.2 Å². The van der Waals surface area contributed by atoms with Crippen molar-refractivity contribution < 1.29 is 28.9 Å². The van der Waals surface area contributed by atoms with E-state index in [0.29, 0.717) is 36.8 Å². The Kier molecular flexibility index (Phi) is 6.99. The summed E-state index contributed by atoms with van der Waals surface area (Å²) in [4.78, 5) is 27.7. The summed E-state index contributed by atoms with van der Waals surface area (Å²) in [6.07, 6.45) is 2.52. The molecule has 2 atom stereocenters. The van der Waals surface area contributed by atoms with Gasteiger partial charge in [-0.25, -0.2) is 0 Å². The van der Waals surface area contributed by atoms with E-state index in [1.54, 1.807) is 31.4 Å². The van der Waals surface area contributed by atoms with Gasteiger partial charge in [-0.3, -0.25) is 9.59 Å². The molecule has 2 aliphatic heterocycles. The van der Waals surface area contributed by atoms with Crippen molar-refractivity contribution in [3.63, 3.8) is 0 Å². The van der Waals surface area contributed by atoms with Gasteiger partial charge in [-0.05, 0) is 61.2 Å². The summed E-state index contributed by atoms with van der Waals surface area (Å²) in [5, 5.41) is 11.1. The second-order valence-electron chi connectivity index (χ2n) is 8.23. The molecule has 174 valence electrons. The van der Waals surface area contributed by atoms with Gasteiger partial charge in [0.25, 0.3) is 11.7 Å². The number of ether oxygens (including phenoxy) is 3. The maximum absolute atomic E-state index is 13.1. The predicted octanol–water partition coefficient (Wildman–Crippen LogP) is 4.08. The highest BCUT2D eigenvalue weighted by Crippen LogP contribution is 2.40. The van der Waals surface area contributed by atoms with Crippen molar-refractivity contribution in [2.45, 2.75) is 38.3 Å². The van der Waals surface area contributed by atoms with Gasteiger partial charge in [0.15, 0.2) is 0 Å². The van der Waals surface area contributed by atoms with Crippen molar-refractivity contribution >= 4 is 17.4 Å². The highest BCUT2D eigenvalue weighted by Gasteiger charge is 2.47. The van der Waals surface area contributed by atoms with Crippen LogP contribution >= 0.6 is 0 Å². The van der Waals surface area contributed by atoms with E-state index >= 15 is 0 Å². The Hall–Kier alpha value is -3.32. The first-order valence-electron chi connectivity index (χ1n) is 11.3. The van der Waals surface area contributed by atoms with Crippen LogP contribution in [0.2, 0.25) is 0 Å². The van der Waals surface area contributed by atoms with Crippen LogP contribution in [-0.4, -0.2) is 54.7 Å². The van der Waals surface area contributed by atoms with Crippen molar-refractivity contribution in [1.82, 2.24) is 4.90 Å². The number of rotatable bonds is 8. The number of Topliss-reactive ketones (excluding diaryl/α,β-unsaturated/α-hetero) is 1. The number of carbonyl (C=O) groups excluding carboxylic acids is 2. The van der Waals surface area contributed by atoms with Gasteiger partial charge >= 0.3 is 0 Å². The first kappa shape index (κ1) is 22.9. The Morgan fingerprint density at radius 2 is 1.79 bits per heavy atom. The van der Waals surface area contributed by atoms with Gasteiger partial charge in [-0.2, -0.15) is 0 Å². The molecule has 4 rings (SSSR count). The van der Waals surface area contributed by atoms with Gasteiger partial charge in [0.05, 0.1) is 31.4 Å². The van der Waals surface area contributed by atoms with E-state index in [9.17, 15) is 14.7 Å². The number of aliphatic hydroxyl groups is 1. The molecule has 1 amide bonds. The minimum atomic E-state index is -0.712. The van der Waals surface area contributed by atoms with Crippen molar-refractivity contribution in [1.29, 1.82) is 0 Å². The van der Waals surface area contributed by atoms with E-state index in [1.807, 2.05) is 31.2 Å². The lowest BCUT2D eigenvalue weighted by molar-refractivity contribution is -0.140. The number of hydrogen-bond donors (Lipinski definition) is 1. The molecule has 0 saturated carbocycles. The summed E-state index contributed by atoms with van der Waals surface area (Å²) in [5.74, 6) is -0.187. The van der Waals surface area contributed by atoms with Crippen molar-refractivity contribution in [2.24, 2.45) is 0 Å². The Labute approximate surface area is 193 Å². The van der Waals surface area contributed by atoms with Crippen LogP contribution in [0.15, 0.2) is 54.1 Å². The highest BCUT2D eigenvalue weighted by atomic mass is 16.5. The fraction of sp³-hybridized carbons (Fsp3) is 0.385. The third kappa shape index (κ3) is 4.73. The zero-order valence-corrected chi connectivity index (χ0v) is 19.0. The van der Waals surface area contributed by atoms with E-state index in [0.717, 1.165) is 24.8 Å². The molecule has 2 unspecified atom stereocenters. The average Bonchev–Trinajstić information content (AvgIpc) is 3.45. The molecule has 2 saturated heterocycles. The lowest BCUT2D eigenvalue weighted by Crippen LogP contribution is -2.36. The predicted molar refractivity (Wildman–Crippen MR) is 123 cm³/mol. The Morgan fingerprint density at radius 3 is 2.39 bits per heavy atom. The SMILES string of the molecule is CCCOc1ccc(C2C(=C(O)c3ccc(OC)cc3)C(=O)C(=O)N2CC2CCCO2)cc1. The quantitative estimate of drug-likeness (QED) is 0.370. The third-order valence-corrected chi connectivity index (χ3v) is 6.00. The molecule has 0 bridgehead atoms. The number of benzene rings is 2. The summed E-state index contributed by atoms with van der Waals surface area (Å²) in [5.41, 5.74) is 1.25. The van der Waals surface area contributed by atoms with Crippen LogP contribution < -0.4 is 9.47 Å². The molecule has 2 aliphatic rings. The fourth-order valence-corrected chi connectivity index (χ4v) is 4.29. The normalized spacial score (nSPS) is 22.1. The van der Waals surface area contributed by atoms with Crippen molar-refractivity contribution in [3.8, 4) is 11.5 Å². The first-order valence-corrected chi connectivity index (χ1v) is 11.3. The zero-order valence-electron chi connectivity index (χ0n) is 19.0. The summed E-state index contributed by atoms with van der Waals surface area (Å²) in [6.45, 7) is 3.58. The van der Waals surface area contributed by atoms with Gasteiger partial charge in [0.1, 0.15) is 17.3 Å². The van der Waals surface area contributed by atoms with E-state index in [4.69, 9.17) is 14.2 Å². The first-order chi connectivity index (χ1) is 16.0. The molecule has 0 aliphatic carbocycles. The summed E-state index contributed by atoms with van der Waals surface area (Å²) in [7, 11) is 1.55. The van der Waals surface area contributed by atoms with Gasteiger partial charge in [-0.1, -0.05) is 19.1 Å². The molecular weight excluding hydrogens is 422 g/mol. The molecular formula is C26H29NO6. The smallest absolute Gasteiger partial charge is 0.295 e. The summed E-state index contributed by atoms with van der Waals surface area (Å²) < 4.78 is 16.6. The van der Waals surface area contributed by atoms with Crippen LogP contribution in [0.3, 0.4) is 0 Å². The minimum absolute atomic E-state index is 0.0744. The molecule has 2 aromatic rings. The van der Waals surface area contributed by atoms with E-state index < -0.39 is 17.7 Å². The largest absolute Gasteiger partial charge is 0.507 e. The molecule has 0 spiro atoms. The lowest BCUT2D eigenvalue weighted by atomic mass is 9.95. The molecule has 7 nitrogen and oxygen atoms in total. The highest BCUT2D eigenvalue weighted by molar-refractivity contribution is 6.46. The third-order valence-electron chi connectivity index (χ3n) is 6.00. The van der Waals surface area contributed by atoms with E-state index in [1.165, 1.54) is 4.90 Å². The molecule has 7 heteroatoms. The second-order valence-corrected chi connectivity index (χ2v) is 8.23. The molecule has 2 fully saturated rings. The number of amides is 1. The number of likely N-dealkylation sites (tertiary alicyclic amines) is 1. The van der Waals surface area contributed by atoms with Gasteiger partial charge in [0, 0.05) is 18.7 Å². The van der Waals surface area contributed by atoms with Crippen LogP contribution in [-0.2, 0) is 14.3 Å². The number of aliphatic hydroxyl groups excluding tert-OH is 1. The minimum Gasteiger partial charge on any atom is -0.507 e. The second kappa shape index (κ2) is 10.1. The summed E-state index contributed by atoms with van der Waals surface area (Å²) in [6, 6.07) is 13.3. The number of hydrogen-bond acceptors (Lipinski definition) is 6. The van der Waals surface area contributed by atoms with Crippen molar-refractivity contribution in [2.75, 3.05) is 26.9 Å².